The van der Waals surface area contributed by atoms with Gasteiger partial charge in [-0.2, -0.15) is 0 Å². The smallest absolute Gasteiger partial charge is 0.410 e. The highest BCUT2D eigenvalue weighted by atomic mass is 16.6. The first-order chi connectivity index (χ1) is 8.81. The van der Waals surface area contributed by atoms with Crippen LogP contribution in [0.1, 0.15) is 40.5 Å². The molecule has 1 amide bonds. The number of nitrogens with zero attached hydrogens (tertiary/aromatic N) is 1. The quantitative estimate of drug-likeness (QED) is 0.738. The standard InChI is InChI=1S/C15H25NO3/c1-6-12(2)18-11-13-7-9-16(10-8-13)14(17)19-15(3,4)5/h1,12-13H,7-11H2,2-5H3. The molecular weight excluding hydrogens is 242 g/mol. The van der Waals surface area contributed by atoms with Crippen molar-refractivity contribution in [1.29, 1.82) is 0 Å². The number of hydrogen-bond donors (Lipinski definition) is 0. The van der Waals surface area contributed by atoms with Gasteiger partial charge in [0.25, 0.3) is 0 Å². The number of amides is 1. The minimum absolute atomic E-state index is 0.135. The molecule has 0 saturated carbocycles. The predicted octanol–water partition coefficient (Wildman–Crippen LogP) is 2.67. The normalized spacial score (nSPS) is 18.8. The van der Waals surface area contributed by atoms with Gasteiger partial charge < -0.3 is 14.4 Å². The number of piperidine rings is 1. The SMILES string of the molecule is C#CC(C)OCC1CCN(C(=O)OC(C)(C)C)CC1. The van der Waals surface area contributed by atoms with Crippen molar-refractivity contribution >= 4 is 6.09 Å². The van der Waals surface area contributed by atoms with Crippen molar-refractivity contribution < 1.29 is 14.3 Å². The van der Waals surface area contributed by atoms with E-state index in [1.807, 2.05) is 27.7 Å². The minimum Gasteiger partial charge on any atom is -0.444 e. The van der Waals surface area contributed by atoms with Crippen LogP contribution in [0.2, 0.25) is 0 Å². The second-order valence-electron chi connectivity index (χ2n) is 6.05. The molecule has 0 radical (unpaired) electrons. The largest absolute Gasteiger partial charge is 0.444 e. The van der Waals surface area contributed by atoms with Gasteiger partial charge >= 0.3 is 6.09 Å². The maximum atomic E-state index is 11.9. The fourth-order valence-corrected chi connectivity index (χ4v) is 1.94. The maximum absolute atomic E-state index is 11.9. The van der Waals surface area contributed by atoms with Crippen molar-refractivity contribution in [1.82, 2.24) is 4.90 Å². The Morgan fingerprint density at radius 2 is 2.00 bits per heavy atom. The summed E-state index contributed by atoms with van der Waals surface area (Å²) in [6.45, 7) is 9.65. The number of carbonyl (C=O) groups excluding carboxylic acids is 1. The Hall–Kier alpha value is -1.21. The third-order valence-corrected chi connectivity index (χ3v) is 3.08. The van der Waals surface area contributed by atoms with E-state index in [-0.39, 0.29) is 12.2 Å². The van der Waals surface area contributed by atoms with Crippen molar-refractivity contribution in [3.63, 3.8) is 0 Å². The van der Waals surface area contributed by atoms with Crippen LogP contribution in [0.4, 0.5) is 4.79 Å². The lowest BCUT2D eigenvalue weighted by molar-refractivity contribution is 0.00877. The highest BCUT2D eigenvalue weighted by molar-refractivity contribution is 5.68. The van der Waals surface area contributed by atoms with E-state index in [2.05, 4.69) is 5.92 Å². The molecule has 1 rings (SSSR count). The Balaban J connectivity index is 2.29. The van der Waals surface area contributed by atoms with E-state index in [0.717, 1.165) is 25.9 Å². The van der Waals surface area contributed by atoms with Crippen molar-refractivity contribution in [2.24, 2.45) is 5.92 Å². The Morgan fingerprint density at radius 3 is 2.47 bits per heavy atom. The van der Waals surface area contributed by atoms with Crippen LogP contribution in [-0.2, 0) is 9.47 Å². The molecule has 0 spiro atoms. The van der Waals surface area contributed by atoms with E-state index >= 15 is 0 Å². The number of rotatable bonds is 3. The van der Waals surface area contributed by atoms with Crippen LogP contribution in [-0.4, -0.2) is 42.4 Å². The van der Waals surface area contributed by atoms with E-state index in [9.17, 15) is 4.79 Å². The fraction of sp³-hybridized carbons (Fsp3) is 0.800. The van der Waals surface area contributed by atoms with Crippen LogP contribution in [0.15, 0.2) is 0 Å². The van der Waals surface area contributed by atoms with E-state index in [0.29, 0.717) is 12.5 Å². The summed E-state index contributed by atoms with van der Waals surface area (Å²) >= 11 is 0. The van der Waals surface area contributed by atoms with Gasteiger partial charge in [0, 0.05) is 13.1 Å². The third kappa shape index (κ3) is 5.98. The zero-order valence-corrected chi connectivity index (χ0v) is 12.4. The number of likely N-dealkylation sites (tertiary alicyclic amines) is 1. The van der Waals surface area contributed by atoms with Crippen LogP contribution in [0, 0.1) is 18.3 Å². The molecule has 0 aromatic heterocycles. The Kier molecular flexibility index (Phi) is 5.68. The maximum Gasteiger partial charge on any atom is 0.410 e. The van der Waals surface area contributed by atoms with Crippen molar-refractivity contribution in [3.05, 3.63) is 0 Å². The molecule has 108 valence electrons. The van der Waals surface area contributed by atoms with Gasteiger partial charge in [-0.25, -0.2) is 4.79 Å². The highest BCUT2D eigenvalue weighted by Crippen LogP contribution is 2.20. The molecular formula is C15H25NO3. The molecule has 1 aliphatic rings. The summed E-state index contributed by atoms with van der Waals surface area (Å²) in [4.78, 5) is 13.6. The minimum atomic E-state index is -0.431. The second kappa shape index (κ2) is 6.81. The zero-order valence-electron chi connectivity index (χ0n) is 12.4. The monoisotopic (exact) mass is 267 g/mol. The second-order valence-corrected chi connectivity index (χ2v) is 6.05. The predicted molar refractivity (Wildman–Crippen MR) is 74.8 cm³/mol. The first kappa shape index (κ1) is 15.8. The van der Waals surface area contributed by atoms with Crippen molar-refractivity contribution in [2.75, 3.05) is 19.7 Å². The lowest BCUT2D eigenvalue weighted by Crippen LogP contribution is -2.42. The lowest BCUT2D eigenvalue weighted by Gasteiger charge is -2.33. The van der Waals surface area contributed by atoms with E-state index < -0.39 is 5.60 Å². The summed E-state index contributed by atoms with van der Waals surface area (Å²) < 4.78 is 10.9. The van der Waals surface area contributed by atoms with Gasteiger partial charge in [-0.15, -0.1) is 6.42 Å². The van der Waals surface area contributed by atoms with Gasteiger partial charge in [0.05, 0.1) is 6.61 Å². The van der Waals surface area contributed by atoms with Gasteiger partial charge in [-0.05, 0) is 46.5 Å². The van der Waals surface area contributed by atoms with Crippen LogP contribution < -0.4 is 0 Å². The van der Waals surface area contributed by atoms with Crippen molar-refractivity contribution in [3.8, 4) is 12.3 Å². The van der Waals surface area contributed by atoms with E-state index in [1.165, 1.54) is 0 Å². The molecule has 4 heteroatoms. The van der Waals surface area contributed by atoms with Crippen LogP contribution in [0.25, 0.3) is 0 Å². The molecule has 1 saturated heterocycles. The first-order valence-electron chi connectivity index (χ1n) is 6.87. The molecule has 1 fully saturated rings. The molecule has 1 unspecified atom stereocenters. The molecule has 0 N–H and O–H groups in total. The Bertz CT molecular complexity index is 332. The Morgan fingerprint density at radius 1 is 1.42 bits per heavy atom. The molecule has 1 heterocycles. The summed E-state index contributed by atoms with van der Waals surface area (Å²) in [5, 5.41) is 0. The summed E-state index contributed by atoms with van der Waals surface area (Å²) in [7, 11) is 0. The zero-order chi connectivity index (χ0) is 14.5. The number of terminal acetylenes is 1. The highest BCUT2D eigenvalue weighted by Gasteiger charge is 2.26. The molecule has 19 heavy (non-hydrogen) atoms. The average Bonchev–Trinajstić information content (AvgIpc) is 2.34. The molecule has 1 aliphatic heterocycles. The molecule has 0 bridgehead atoms. The summed E-state index contributed by atoms with van der Waals surface area (Å²) in [5.41, 5.74) is -0.431. The number of ether oxygens (including phenoxy) is 2. The molecule has 1 atom stereocenters. The first-order valence-corrected chi connectivity index (χ1v) is 6.87. The topological polar surface area (TPSA) is 38.8 Å². The molecule has 0 aliphatic carbocycles. The van der Waals surface area contributed by atoms with Gasteiger partial charge in [-0.1, -0.05) is 5.92 Å². The average molecular weight is 267 g/mol. The molecule has 0 aromatic rings. The van der Waals surface area contributed by atoms with Gasteiger partial charge in [0.2, 0.25) is 0 Å². The van der Waals surface area contributed by atoms with Gasteiger partial charge in [-0.3, -0.25) is 0 Å². The van der Waals surface area contributed by atoms with Gasteiger partial charge in [0.1, 0.15) is 11.7 Å². The van der Waals surface area contributed by atoms with Crippen molar-refractivity contribution in [2.45, 2.75) is 52.2 Å². The van der Waals surface area contributed by atoms with Gasteiger partial charge in [0.15, 0.2) is 0 Å². The number of carbonyl (C=O) groups is 1. The lowest BCUT2D eigenvalue weighted by atomic mass is 9.98. The van der Waals surface area contributed by atoms with Crippen LogP contribution in [0.5, 0.6) is 0 Å². The van der Waals surface area contributed by atoms with E-state index in [4.69, 9.17) is 15.9 Å². The number of hydrogen-bond acceptors (Lipinski definition) is 3. The summed E-state index contributed by atoms with van der Waals surface area (Å²) in [6.07, 6.45) is 6.79. The third-order valence-electron chi connectivity index (χ3n) is 3.08. The van der Waals surface area contributed by atoms with E-state index in [1.54, 1.807) is 4.90 Å². The fourth-order valence-electron chi connectivity index (χ4n) is 1.94. The molecule has 0 aromatic carbocycles. The van der Waals surface area contributed by atoms with Crippen LogP contribution >= 0.6 is 0 Å². The molecule has 4 nitrogen and oxygen atoms in total. The Labute approximate surface area is 116 Å². The summed E-state index contributed by atoms with van der Waals surface area (Å²) in [6, 6.07) is 0. The summed E-state index contributed by atoms with van der Waals surface area (Å²) in [5.74, 6) is 3.03. The van der Waals surface area contributed by atoms with Crippen LogP contribution in [0.3, 0.4) is 0 Å².